The number of ketones is 1. The molecule has 1 aliphatic carbocycles. The predicted molar refractivity (Wildman–Crippen MR) is 75.6 cm³/mol. The molecule has 2 aliphatic rings. The van der Waals surface area contributed by atoms with Gasteiger partial charge in [-0.25, -0.2) is 0 Å². The van der Waals surface area contributed by atoms with Crippen LogP contribution in [0.25, 0.3) is 0 Å². The molecule has 0 aromatic heterocycles. The molecule has 1 aromatic rings. The Morgan fingerprint density at radius 3 is 2.21 bits per heavy atom. The Balaban J connectivity index is 1.66. The lowest BCUT2D eigenvalue weighted by Gasteiger charge is -2.27. The second kappa shape index (κ2) is 4.32. The molecule has 0 radical (unpaired) electrons. The summed E-state index contributed by atoms with van der Waals surface area (Å²) in [5, 5.41) is 0.673. The molecule has 2 nitrogen and oxygen atoms in total. The van der Waals surface area contributed by atoms with Crippen molar-refractivity contribution in [3.05, 3.63) is 34.9 Å². The van der Waals surface area contributed by atoms with Gasteiger partial charge >= 0.3 is 0 Å². The zero-order chi connectivity index (χ0) is 13.7. The molecular weight excluding hydrogens is 260 g/mol. The van der Waals surface area contributed by atoms with Crippen molar-refractivity contribution in [3.63, 3.8) is 0 Å². The fourth-order valence-corrected chi connectivity index (χ4v) is 3.49. The summed E-state index contributed by atoms with van der Waals surface area (Å²) >= 11 is 5.85. The van der Waals surface area contributed by atoms with Gasteiger partial charge in [-0.05, 0) is 63.8 Å². The number of Topliss-reactive ketones (excluding diaryl/α,β-unsaturated/α-hetero) is 1. The average Bonchev–Trinajstić information content (AvgIpc) is 2.91. The monoisotopic (exact) mass is 278 g/mol. The van der Waals surface area contributed by atoms with Crippen LogP contribution in [0, 0.1) is 5.92 Å². The highest BCUT2D eigenvalue weighted by atomic mass is 35.5. The molecule has 19 heavy (non-hydrogen) atoms. The number of hydrogen-bond donors (Lipinski definition) is 0. The molecule has 0 unspecified atom stereocenters. The van der Waals surface area contributed by atoms with Gasteiger partial charge in [0, 0.05) is 16.5 Å². The Labute approximate surface area is 119 Å². The summed E-state index contributed by atoms with van der Waals surface area (Å²) in [7, 11) is 0. The van der Waals surface area contributed by atoms with Gasteiger partial charge in [0.15, 0.2) is 5.78 Å². The zero-order valence-corrected chi connectivity index (χ0v) is 12.2. The van der Waals surface area contributed by atoms with Crippen molar-refractivity contribution in [1.29, 1.82) is 0 Å². The van der Waals surface area contributed by atoms with Gasteiger partial charge in [0.1, 0.15) is 0 Å². The van der Waals surface area contributed by atoms with Crippen molar-refractivity contribution < 1.29 is 9.53 Å². The van der Waals surface area contributed by atoms with Crippen molar-refractivity contribution in [3.8, 4) is 0 Å². The summed E-state index contributed by atoms with van der Waals surface area (Å²) in [5.41, 5.74) is 0.853. The number of rotatable bonds is 2. The number of benzene rings is 1. The maximum atomic E-state index is 12.4. The smallest absolute Gasteiger partial charge is 0.165 e. The molecule has 1 saturated carbocycles. The Morgan fingerprint density at radius 1 is 1.21 bits per heavy atom. The first-order valence-electron chi connectivity index (χ1n) is 6.94. The number of carbonyl (C=O) groups is 1. The Bertz CT molecular complexity index is 496. The van der Waals surface area contributed by atoms with Crippen LogP contribution in [0.15, 0.2) is 24.3 Å². The topological polar surface area (TPSA) is 29.6 Å². The van der Waals surface area contributed by atoms with Crippen LogP contribution in [0.1, 0.15) is 49.9 Å². The van der Waals surface area contributed by atoms with Crippen molar-refractivity contribution in [2.24, 2.45) is 5.92 Å². The summed E-state index contributed by atoms with van der Waals surface area (Å²) in [6.45, 7) is 4.29. The molecule has 1 saturated heterocycles. The molecule has 3 rings (SSSR count). The number of epoxide rings is 1. The van der Waals surface area contributed by atoms with Gasteiger partial charge in [-0.2, -0.15) is 0 Å². The number of carbonyl (C=O) groups excluding carboxylic acids is 1. The van der Waals surface area contributed by atoms with E-state index in [1.165, 1.54) is 0 Å². The number of ether oxygens (including phenoxy) is 1. The van der Waals surface area contributed by atoms with Crippen molar-refractivity contribution >= 4 is 17.4 Å². The van der Waals surface area contributed by atoms with E-state index in [0.29, 0.717) is 5.02 Å². The van der Waals surface area contributed by atoms with E-state index in [0.717, 1.165) is 31.2 Å². The third-order valence-electron chi connectivity index (χ3n) is 4.80. The minimum atomic E-state index is 0.0152. The van der Waals surface area contributed by atoms with E-state index in [1.54, 1.807) is 12.1 Å². The van der Waals surface area contributed by atoms with Gasteiger partial charge in [-0.15, -0.1) is 0 Å². The summed E-state index contributed by atoms with van der Waals surface area (Å²) in [4.78, 5) is 12.4. The SMILES string of the molecule is CC1(C)OC12CCC(C(=O)c1ccc(Cl)cc1)CC2. The minimum absolute atomic E-state index is 0.0152. The Hall–Kier alpha value is -0.860. The molecule has 1 spiro atoms. The molecule has 0 bridgehead atoms. The molecule has 0 amide bonds. The number of hydrogen-bond acceptors (Lipinski definition) is 2. The maximum Gasteiger partial charge on any atom is 0.165 e. The summed E-state index contributed by atoms with van der Waals surface area (Å²) in [5.74, 6) is 0.400. The quantitative estimate of drug-likeness (QED) is 0.597. The molecular formula is C16H19ClO2. The summed E-state index contributed by atoms with van der Waals surface area (Å²) in [6.07, 6.45) is 3.88. The van der Waals surface area contributed by atoms with E-state index < -0.39 is 0 Å². The summed E-state index contributed by atoms with van der Waals surface area (Å²) in [6, 6.07) is 7.22. The van der Waals surface area contributed by atoms with Crippen molar-refractivity contribution in [1.82, 2.24) is 0 Å². The Kier molecular flexibility index (Phi) is 2.99. The van der Waals surface area contributed by atoms with Crippen LogP contribution in [0.3, 0.4) is 0 Å². The van der Waals surface area contributed by atoms with E-state index in [1.807, 2.05) is 12.1 Å². The van der Waals surface area contributed by atoms with Crippen LogP contribution in [0.4, 0.5) is 0 Å². The predicted octanol–water partition coefficient (Wildman–Crippen LogP) is 4.26. The summed E-state index contributed by atoms with van der Waals surface area (Å²) < 4.78 is 5.85. The van der Waals surface area contributed by atoms with E-state index in [-0.39, 0.29) is 22.9 Å². The zero-order valence-electron chi connectivity index (χ0n) is 11.4. The van der Waals surface area contributed by atoms with Crippen LogP contribution in [0.5, 0.6) is 0 Å². The fraction of sp³-hybridized carbons (Fsp3) is 0.562. The lowest BCUT2D eigenvalue weighted by molar-refractivity contribution is 0.0856. The highest BCUT2D eigenvalue weighted by Crippen LogP contribution is 2.57. The lowest BCUT2D eigenvalue weighted by atomic mass is 9.74. The second-order valence-corrected chi connectivity index (χ2v) is 6.69. The molecule has 3 heteroatoms. The lowest BCUT2D eigenvalue weighted by Crippen LogP contribution is -2.30. The molecule has 1 aliphatic heterocycles. The van der Waals surface area contributed by atoms with Crippen LogP contribution in [0.2, 0.25) is 5.02 Å². The van der Waals surface area contributed by atoms with Gasteiger partial charge in [-0.1, -0.05) is 11.6 Å². The standard InChI is InChI=1S/C16H19ClO2/c1-15(2)16(19-15)9-7-12(8-10-16)14(18)11-3-5-13(17)6-4-11/h3-6,12H,7-10H2,1-2H3. The molecule has 102 valence electrons. The maximum absolute atomic E-state index is 12.4. The van der Waals surface area contributed by atoms with Crippen LogP contribution in [-0.4, -0.2) is 17.0 Å². The molecule has 2 fully saturated rings. The van der Waals surface area contributed by atoms with Crippen LogP contribution < -0.4 is 0 Å². The first kappa shape index (κ1) is 13.1. The third-order valence-corrected chi connectivity index (χ3v) is 5.05. The van der Waals surface area contributed by atoms with E-state index >= 15 is 0 Å². The van der Waals surface area contributed by atoms with E-state index in [4.69, 9.17) is 16.3 Å². The average molecular weight is 279 g/mol. The van der Waals surface area contributed by atoms with Gasteiger partial charge in [0.2, 0.25) is 0 Å². The number of halogens is 1. The van der Waals surface area contributed by atoms with Crippen molar-refractivity contribution in [2.75, 3.05) is 0 Å². The second-order valence-electron chi connectivity index (χ2n) is 6.25. The first-order valence-corrected chi connectivity index (χ1v) is 7.31. The van der Waals surface area contributed by atoms with Gasteiger partial charge in [0.25, 0.3) is 0 Å². The van der Waals surface area contributed by atoms with Gasteiger partial charge in [0.05, 0.1) is 11.2 Å². The van der Waals surface area contributed by atoms with E-state index in [2.05, 4.69) is 13.8 Å². The normalized spacial score (nSPS) is 32.3. The van der Waals surface area contributed by atoms with Gasteiger partial charge in [-0.3, -0.25) is 4.79 Å². The first-order chi connectivity index (χ1) is 8.94. The minimum Gasteiger partial charge on any atom is -0.363 e. The molecule has 1 aromatic carbocycles. The van der Waals surface area contributed by atoms with Crippen LogP contribution >= 0.6 is 11.6 Å². The molecule has 1 heterocycles. The third kappa shape index (κ3) is 2.21. The highest BCUT2D eigenvalue weighted by molar-refractivity contribution is 6.30. The van der Waals surface area contributed by atoms with Crippen LogP contribution in [-0.2, 0) is 4.74 Å². The van der Waals surface area contributed by atoms with E-state index in [9.17, 15) is 4.79 Å². The molecule has 0 atom stereocenters. The fourth-order valence-electron chi connectivity index (χ4n) is 3.36. The molecule has 0 N–H and O–H groups in total. The largest absolute Gasteiger partial charge is 0.363 e. The van der Waals surface area contributed by atoms with Gasteiger partial charge < -0.3 is 4.74 Å². The van der Waals surface area contributed by atoms with Crippen molar-refractivity contribution in [2.45, 2.75) is 50.7 Å². The highest BCUT2D eigenvalue weighted by Gasteiger charge is 2.63. The Morgan fingerprint density at radius 2 is 1.74 bits per heavy atom.